The van der Waals surface area contributed by atoms with Crippen LogP contribution in [0.1, 0.15) is 61.3 Å². The lowest BCUT2D eigenvalue weighted by molar-refractivity contribution is -0.165. The number of esters is 1. The first-order chi connectivity index (χ1) is 7.94. The van der Waals surface area contributed by atoms with Gasteiger partial charge in [-0.1, -0.05) is 41.5 Å². The van der Waals surface area contributed by atoms with Crippen molar-refractivity contribution >= 4 is 5.97 Å². The third-order valence-electron chi connectivity index (χ3n) is 3.53. The lowest BCUT2D eigenvalue weighted by Gasteiger charge is -2.43. The van der Waals surface area contributed by atoms with E-state index in [1.54, 1.807) is 0 Å². The summed E-state index contributed by atoms with van der Waals surface area (Å²) in [4.78, 5) is 12.4. The monoisotopic (exact) mass is 258 g/mol. The number of hydrogen-bond acceptors (Lipinski definition) is 3. The van der Waals surface area contributed by atoms with Gasteiger partial charge in [0.25, 0.3) is 0 Å². The van der Waals surface area contributed by atoms with Crippen LogP contribution in [-0.2, 0) is 9.53 Å². The summed E-state index contributed by atoms with van der Waals surface area (Å²) in [5.74, 6) is -0.154. The first kappa shape index (κ1) is 17.4. The second-order valence-electron chi connectivity index (χ2n) is 7.53. The molecule has 1 unspecified atom stereocenters. The number of carbonyl (C=O) groups excluding carboxylic acids is 1. The summed E-state index contributed by atoms with van der Waals surface area (Å²) in [7, 11) is 0. The van der Waals surface area contributed by atoms with Crippen molar-refractivity contribution in [3.63, 3.8) is 0 Å². The molecular formula is C15H30O3. The van der Waals surface area contributed by atoms with Crippen LogP contribution < -0.4 is 0 Å². The van der Waals surface area contributed by atoms with Gasteiger partial charge in [-0.2, -0.15) is 0 Å². The molecule has 0 bridgehead atoms. The highest BCUT2D eigenvalue weighted by molar-refractivity contribution is 5.77. The Balaban J connectivity index is 4.94. The molecule has 0 aliphatic rings. The van der Waals surface area contributed by atoms with Crippen LogP contribution in [0.25, 0.3) is 0 Å². The molecule has 0 spiro atoms. The summed E-state index contributed by atoms with van der Waals surface area (Å²) in [6.45, 7) is 15.0. The Hall–Kier alpha value is -0.570. The lowest BCUT2D eigenvalue weighted by atomic mass is 9.61. The van der Waals surface area contributed by atoms with Gasteiger partial charge in [0.15, 0.2) is 0 Å². The molecule has 0 heterocycles. The Morgan fingerprint density at radius 3 is 1.89 bits per heavy atom. The first-order valence-electron chi connectivity index (χ1n) is 6.72. The largest absolute Gasteiger partial charge is 0.465 e. The molecular weight excluding hydrogens is 228 g/mol. The standard InChI is InChI=1S/C15H30O3/c1-13(2,3)11-15(7,14(4,5)6)12(17)18-10-8-9-16/h16H,8-11H2,1-7H3. The number of ether oxygens (including phenoxy) is 1. The lowest BCUT2D eigenvalue weighted by Crippen LogP contribution is -2.44. The number of rotatable bonds is 5. The minimum absolute atomic E-state index is 0.0543. The highest BCUT2D eigenvalue weighted by atomic mass is 16.5. The van der Waals surface area contributed by atoms with E-state index < -0.39 is 5.41 Å². The molecule has 0 aromatic rings. The zero-order valence-corrected chi connectivity index (χ0v) is 13.1. The molecule has 0 radical (unpaired) electrons. The number of hydrogen-bond donors (Lipinski definition) is 1. The van der Waals surface area contributed by atoms with E-state index in [1.807, 2.05) is 6.92 Å². The molecule has 3 nitrogen and oxygen atoms in total. The summed E-state index contributed by atoms with van der Waals surface area (Å²) in [5.41, 5.74) is -0.602. The molecule has 1 atom stereocenters. The van der Waals surface area contributed by atoms with Crippen molar-refractivity contribution in [3.8, 4) is 0 Å². The maximum Gasteiger partial charge on any atom is 0.312 e. The van der Waals surface area contributed by atoms with Crippen LogP contribution in [0.5, 0.6) is 0 Å². The van der Waals surface area contributed by atoms with Crippen LogP contribution in [-0.4, -0.2) is 24.3 Å². The summed E-state index contributed by atoms with van der Waals surface area (Å²) < 4.78 is 5.32. The summed E-state index contributed by atoms with van der Waals surface area (Å²) in [5, 5.41) is 8.74. The fourth-order valence-electron chi connectivity index (χ4n) is 2.09. The van der Waals surface area contributed by atoms with Gasteiger partial charge in [0.1, 0.15) is 0 Å². The topological polar surface area (TPSA) is 46.5 Å². The van der Waals surface area contributed by atoms with E-state index in [-0.39, 0.29) is 23.4 Å². The van der Waals surface area contributed by atoms with Crippen molar-refractivity contribution in [3.05, 3.63) is 0 Å². The highest BCUT2D eigenvalue weighted by Gasteiger charge is 2.47. The van der Waals surface area contributed by atoms with Gasteiger partial charge < -0.3 is 9.84 Å². The van der Waals surface area contributed by atoms with Crippen molar-refractivity contribution in [1.82, 2.24) is 0 Å². The predicted octanol–water partition coefficient (Wildman–Crippen LogP) is 3.40. The Kier molecular flexibility index (Phi) is 5.86. The van der Waals surface area contributed by atoms with Crippen LogP contribution in [0.15, 0.2) is 0 Å². The third kappa shape index (κ3) is 4.97. The molecule has 0 saturated heterocycles. The molecule has 0 rings (SSSR count). The molecule has 0 aromatic heterocycles. The molecule has 3 heteroatoms. The minimum atomic E-state index is -0.513. The maximum absolute atomic E-state index is 12.4. The molecule has 0 saturated carbocycles. The van der Waals surface area contributed by atoms with Crippen LogP contribution >= 0.6 is 0 Å². The van der Waals surface area contributed by atoms with Gasteiger partial charge in [-0.3, -0.25) is 4.79 Å². The van der Waals surface area contributed by atoms with Crippen molar-refractivity contribution in [2.24, 2.45) is 16.2 Å². The molecule has 18 heavy (non-hydrogen) atoms. The van der Waals surface area contributed by atoms with Gasteiger partial charge in [0, 0.05) is 13.0 Å². The van der Waals surface area contributed by atoms with Crippen LogP contribution in [0.4, 0.5) is 0 Å². The molecule has 0 aliphatic carbocycles. The first-order valence-corrected chi connectivity index (χ1v) is 6.72. The molecule has 1 N–H and O–H groups in total. The SMILES string of the molecule is CC(C)(C)CC(C)(C(=O)OCCCO)C(C)(C)C. The average molecular weight is 258 g/mol. The summed E-state index contributed by atoms with van der Waals surface area (Å²) in [6, 6.07) is 0. The predicted molar refractivity (Wildman–Crippen MR) is 74.3 cm³/mol. The fourth-order valence-corrected chi connectivity index (χ4v) is 2.09. The van der Waals surface area contributed by atoms with Crippen molar-refractivity contribution < 1.29 is 14.6 Å². The second-order valence-corrected chi connectivity index (χ2v) is 7.53. The van der Waals surface area contributed by atoms with E-state index >= 15 is 0 Å². The van der Waals surface area contributed by atoms with Crippen molar-refractivity contribution in [2.45, 2.75) is 61.3 Å². The number of aliphatic hydroxyl groups excluding tert-OH is 1. The van der Waals surface area contributed by atoms with E-state index in [4.69, 9.17) is 9.84 Å². The normalized spacial score (nSPS) is 16.2. The maximum atomic E-state index is 12.4. The number of carbonyl (C=O) groups is 1. The summed E-state index contributed by atoms with van der Waals surface area (Å²) >= 11 is 0. The zero-order chi connectivity index (χ0) is 14.6. The quantitative estimate of drug-likeness (QED) is 0.607. The van der Waals surface area contributed by atoms with Gasteiger partial charge >= 0.3 is 5.97 Å². The van der Waals surface area contributed by atoms with E-state index in [0.29, 0.717) is 13.0 Å². The Labute approximate surface area is 112 Å². The molecule has 108 valence electrons. The second kappa shape index (κ2) is 6.05. The zero-order valence-electron chi connectivity index (χ0n) is 13.1. The highest BCUT2D eigenvalue weighted by Crippen LogP contribution is 2.47. The Morgan fingerprint density at radius 1 is 1.06 bits per heavy atom. The van der Waals surface area contributed by atoms with Crippen molar-refractivity contribution in [2.75, 3.05) is 13.2 Å². The minimum Gasteiger partial charge on any atom is -0.465 e. The van der Waals surface area contributed by atoms with Crippen LogP contribution in [0.2, 0.25) is 0 Å². The average Bonchev–Trinajstić information content (AvgIpc) is 2.13. The van der Waals surface area contributed by atoms with Crippen LogP contribution in [0, 0.1) is 16.2 Å². The van der Waals surface area contributed by atoms with E-state index in [0.717, 1.165) is 6.42 Å². The number of aliphatic hydroxyl groups is 1. The van der Waals surface area contributed by atoms with E-state index in [2.05, 4.69) is 41.5 Å². The molecule has 0 aliphatic heterocycles. The van der Waals surface area contributed by atoms with Gasteiger partial charge in [0.05, 0.1) is 12.0 Å². The van der Waals surface area contributed by atoms with E-state index in [1.165, 1.54) is 0 Å². The van der Waals surface area contributed by atoms with Crippen molar-refractivity contribution in [1.29, 1.82) is 0 Å². The Bertz CT molecular complexity index is 270. The van der Waals surface area contributed by atoms with E-state index in [9.17, 15) is 4.79 Å². The molecule has 0 fully saturated rings. The molecule has 0 amide bonds. The van der Waals surface area contributed by atoms with Crippen LogP contribution in [0.3, 0.4) is 0 Å². The van der Waals surface area contributed by atoms with Gasteiger partial charge in [-0.15, -0.1) is 0 Å². The third-order valence-corrected chi connectivity index (χ3v) is 3.53. The Morgan fingerprint density at radius 2 is 1.56 bits per heavy atom. The van der Waals surface area contributed by atoms with Gasteiger partial charge in [0.2, 0.25) is 0 Å². The smallest absolute Gasteiger partial charge is 0.312 e. The van der Waals surface area contributed by atoms with Gasteiger partial charge in [-0.05, 0) is 24.2 Å². The summed E-state index contributed by atoms with van der Waals surface area (Å²) in [6.07, 6.45) is 1.28. The molecule has 0 aromatic carbocycles. The van der Waals surface area contributed by atoms with Gasteiger partial charge in [-0.25, -0.2) is 0 Å². The fraction of sp³-hybridized carbons (Fsp3) is 0.933.